The molecule has 0 radical (unpaired) electrons. The van der Waals surface area contributed by atoms with Crippen LogP contribution < -0.4 is 10.1 Å². The summed E-state index contributed by atoms with van der Waals surface area (Å²) in [6.07, 6.45) is 1.24. The number of ether oxygens (including phenoxy) is 2. The summed E-state index contributed by atoms with van der Waals surface area (Å²) in [6.45, 7) is 5.48. The summed E-state index contributed by atoms with van der Waals surface area (Å²) in [5, 5.41) is 7.39. The lowest BCUT2D eigenvalue weighted by atomic mass is 9.95. The van der Waals surface area contributed by atoms with Crippen molar-refractivity contribution in [2.75, 3.05) is 12.4 Å². The van der Waals surface area contributed by atoms with Crippen LogP contribution in [-0.2, 0) is 9.53 Å². The van der Waals surface area contributed by atoms with E-state index < -0.39 is 6.04 Å². The number of nitrogens with zero attached hydrogens (tertiary/aromatic N) is 3. The zero-order valence-corrected chi connectivity index (χ0v) is 14.1. The Hall–Kier alpha value is -2.83. The summed E-state index contributed by atoms with van der Waals surface area (Å²) in [4.78, 5) is 16.9. The third kappa shape index (κ3) is 2.73. The van der Waals surface area contributed by atoms with Gasteiger partial charge in [0.15, 0.2) is 0 Å². The molecule has 1 aliphatic heterocycles. The molecule has 1 atom stereocenters. The van der Waals surface area contributed by atoms with Crippen molar-refractivity contribution in [3.63, 3.8) is 0 Å². The van der Waals surface area contributed by atoms with Crippen LogP contribution in [-0.4, -0.2) is 33.9 Å². The first-order valence-electron chi connectivity index (χ1n) is 7.74. The molecule has 1 aliphatic rings. The van der Waals surface area contributed by atoms with Crippen molar-refractivity contribution in [3.8, 4) is 5.75 Å². The molecule has 1 aromatic heterocycles. The molecular formula is C17H20N4O3. The normalized spacial score (nSPS) is 16.6. The van der Waals surface area contributed by atoms with Gasteiger partial charge in [0.2, 0.25) is 5.95 Å². The number of carbonyl (C=O) groups is 1. The van der Waals surface area contributed by atoms with Gasteiger partial charge >= 0.3 is 5.97 Å². The highest BCUT2D eigenvalue weighted by Crippen LogP contribution is 2.39. The third-order valence-electron chi connectivity index (χ3n) is 3.79. The van der Waals surface area contributed by atoms with Crippen molar-refractivity contribution >= 4 is 11.9 Å². The maximum absolute atomic E-state index is 12.7. The largest absolute Gasteiger partial charge is 0.496 e. The molecule has 7 heteroatoms. The van der Waals surface area contributed by atoms with Gasteiger partial charge in [0.25, 0.3) is 0 Å². The Morgan fingerprint density at radius 1 is 1.33 bits per heavy atom. The van der Waals surface area contributed by atoms with E-state index in [2.05, 4.69) is 15.4 Å². The molecule has 2 heterocycles. The van der Waals surface area contributed by atoms with Crippen LogP contribution in [0, 0.1) is 0 Å². The Balaban J connectivity index is 2.16. The summed E-state index contributed by atoms with van der Waals surface area (Å²) in [7, 11) is 1.60. The Morgan fingerprint density at radius 3 is 2.79 bits per heavy atom. The summed E-state index contributed by atoms with van der Waals surface area (Å²) >= 11 is 0. The third-order valence-corrected chi connectivity index (χ3v) is 3.79. The van der Waals surface area contributed by atoms with Crippen LogP contribution >= 0.6 is 0 Å². The second-order valence-corrected chi connectivity index (χ2v) is 5.79. The first kappa shape index (κ1) is 16.0. The van der Waals surface area contributed by atoms with Crippen LogP contribution in [0.5, 0.6) is 5.75 Å². The topological polar surface area (TPSA) is 78.3 Å². The molecular weight excluding hydrogens is 308 g/mol. The number of carbonyl (C=O) groups excluding carboxylic acids is 1. The SMILES string of the molecule is COc1ccccc1[C@H]1C(C(=O)OC(C)C)=C(C)Nc2ncnn21. The van der Waals surface area contributed by atoms with Gasteiger partial charge in [0.1, 0.15) is 18.1 Å². The second kappa shape index (κ2) is 6.35. The Kier molecular flexibility index (Phi) is 4.24. The smallest absolute Gasteiger partial charge is 0.338 e. The molecule has 0 unspecified atom stereocenters. The van der Waals surface area contributed by atoms with Gasteiger partial charge in [-0.3, -0.25) is 0 Å². The monoisotopic (exact) mass is 328 g/mol. The fourth-order valence-electron chi connectivity index (χ4n) is 2.81. The van der Waals surface area contributed by atoms with E-state index >= 15 is 0 Å². The fraction of sp³-hybridized carbons (Fsp3) is 0.353. The molecule has 24 heavy (non-hydrogen) atoms. The number of anilines is 1. The lowest BCUT2D eigenvalue weighted by Gasteiger charge is -2.29. The number of benzene rings is 1. The minimum atomic E-state index is -0.467. The highest BCUT2D eigenvalue weighted by molar-refractivity contribution is 5.92. The molecule has 0 saturated carbocycles. The average Bonchev–Trinajstić information content (AvgIpc) is 3.00. The summed E-state index contributed by atoms with van der Waals surface area (Å²) in [6, 6.07) is 7.09. The van der Waals surface area contributed by atoms with E-state index in [9.17, 15) is 4.79 Å². The zero-order chi connectivity index (χ0) is 17.3. The van der Waals surface area contributed by atoms with Crippen LogP contribution in [0.2, 0.25) is 0 Å². The van der Waals surface area contributed by atoms with E-state index in [4.69, 9.17) is 9.47 Å². The van der Waals surface area contributed by atoms with Crippen LogP contribution in [0.1, 0.15) is 32.4 Å². The maximum Gasteiger partial charge on any atom is 0.338 e. The highest BCUT2D eigenvalue weighted by Gasteiger charge is 2.36. The van der Waals surface area contributed by atoms with Crippen LogP contribution in [0.3, 0.4) is 0 Å². The van der Waals surface area contributed by atoms with Crippen LogP contribution in [0.15, 0.2) is 41.9 Å². The molecule has 0 spiro atoms. The number of hydrogen-bond acceptors (Lipinski definition) is 6. The molecule has 1 N–H and O–H groups in total. The molecule has 0 saturated heterocycles. The first-order chi connectivity index (χ1) is 11.5. The van der Waals surface area contributed by atoms with E-state index in [-0.39, 0.29) is 12.1 Å². The number of aromatic nitrogens is 3. The Bertz CT molecular complexity index is 795. The fourth-order valence-corrected chi connectivity index (χ4v) is 2.81. The van der Waals surface area contributed by atoms with Gasteiger partial charge < -0.3 is 14.8 Å². The second-order valence-electron chi connectivity index (χ2n) is 5.79. The minimum absolute atomic E-state index is 0.215. The van der Waals surface area contributed by atoms with Gasteiger partial charge in [-0.2, -0.15) is 10.1 Å². The maximum atomic E-state index is 12.7. The van der Waals surface area contributed by atoms with Crippen LogP contribution in [0.4, 0.5) is 5.95 Å². The molecule has 0 fully saturated rings. The number of nitrogens with one attached hydrogen (secondary N) is 1. The number of esters is 1. The van der Waals surface area contributed by atoms with Gasteiger partial charge in [-0.15, -0.1) is 0 Å². The van der Waals surface area contributed by atoms with Crippen molar-refractivity contribution < 1.29 is 14.3 Å². The lowest BCUT2D eigenvalue weighted by Crippen LogP contribution is -2.30. The van der Waals surface area contributed by atoms with Crippen molar-refractivity contribution in [1.29, 1.82) is 0 Å². The van der Waals surface area contributed by atoms with Crippen molar-refractivity contribution in [1.82, 2.24) is 14.8 Å². The minimum Gasteiger partial charge on any atom is -0.496 e. The van der Waals surface area contributed by atoms with Gasteiger partial charge in [-0.05, 0) is 26.8 Å². The molecule has 0 bridgehead atoms. The summed E-state index contributed by atoms with van der Waals surface area (Å²) in [5.41, 5.74) is 2.01. The first-order valence-corrected chi connectivity index (χ1v) is 7.74. The number of allylic oxidation sites excluding steroid dienone is 1. The standard InChI is InChI=1S/C17H20N4O3/c1-10(2)24-16(22)14-11(3)20-17-18-9-19-21(17)15(14)12-7-5-6-8-13(12)23-4/h5-10,15H,1-4H3,(H,18,19,20)/t15-/m0/s1. The Morgan fingerprint density at radius 2 is 2.08 bits per heavy atom. The van der Waals surface area contributed by atoms with Crippen molar-refractivity contribution in [2.45, 2.75) is 32.9 Å². The summed E-state index contributed by atoms with van der Waals surface area (Å²) < 4.78 is 12.6. The van der Waals surface area contributed by atoms with Crippen molar-refractivity contribution in [2.24, 2.45) is 0 Å². The lowest BCUT2D eigenvalue weighted by molar-refractivity contribution is -0.143. The van der Waals surface area contributed by atoms with E-state index in [1.54, 1.807) is 11.8 Å². The van der Waals surface area contributed by atoms with Gasteiger partial charge in [-0.1, -0.05) is 18.2 Å². The van der Waals surface area contributed by atoms with E-state index in [1.807, 2.05) is 45.0 Å². The molecule has 0 aliphatic carbocycles. The molecule has 126 valence electrons. The molecule has 0 amide bonds. The number of rotatable bonds is 4. The summed E-state index contributed by atoms with van der Waals surface area (Å²) in [5.74, 6) is 0.866. The number of hydrogen-bond donors (Lipinski definition) is 1. The van der Waals surface area contributed by atoms with E-state index in [0.717, 1.165) is 5.56 Å². The number of fused-ring (bicyclic) bond motifs is 1. The molecule has 3 rings (SSSR count). The van der Waals surface area contributed by atoms with Crippen molar-refractivity contribution in [3.05, 3.63) is 47.4 Å². The molecule has 1 aromatic carbocycles. The number of para-hydroxylation sites is 1. The van der Waals surface area contributed by atoms with Gasteiger partial charge in [0, 0.05) is 11.3 Å². The van der Waals surface area contributed by atoms with Crippen LogP contribution in [0.25, 0.3) is 0 Å². The van der Waals surface area contributed by atoms with E-state index in [1.165, 1.54) is 6.33 Å². The molecule has 2 aromatic rings. The van der Waals surface area contributed by atoms with E-state index in [0.29, 0.717) is 23.0 Å². The van der Waals surface area contributed by atoms with Gasteiger partial charge in [-0.25, -0.2) is 9.48 Å². The average molecular weight is 328 g/mol. The predicted molar refractivity (Wildman–Crippen MR) is 88.7 cm³/mol. The zero-order valence-electron chi connectivity index (χ0n) is 14.1. The number of methoxy groups -OCH3 is 1. The Labute approximate surface area is 140 Å². The predicted octanol–water partition coefficient (Wildman–Crippen LogP) is 2.53. The molecule has 7 nitrogen and oxygen atoms in total. The van der Waals surface area contributed by atoms with Gasteiger partial charge in [0.05, 0.1) is 18.8 Å². The quantitative estimate of drug-likeness (QED) is 0.869. The highest BCUT2D eigenvalue weighted by atomic mass is 16.5.